The summed E-state index contributed by atoms with van der Waals surface area (Å²) in [6.45, 7) is 0.480. The molecule has 28 heavy (non-hydrogen) atoms. The Kier molecular flexibility index (Phi) is 5.91. The summed E-state index contributed by atoms with van der Waals surface area (Å²) in [4.78, 5) is 10.9. The van der Waals surface area contributed by atoms with E-state index in [0.717, 1.165) is 11.3 Å². The molecule has 1 aromatic heterocycles. The predicted molar refractivity (Wildman–Crippen MR) is 112 cm³/mol. The van der Waals surface area contributed by atoms with Gasteiger partial charge in [0.2, 0.25) is 5.95 Å². The van der Waals surface area contributed by atoms with Crippen LogP contribution >= 0.6 is 0 Å². The average Bonchev–Trinajstić information content (AvgIpc) is 2.68. The van der Waals surface area contributed by atoms with Gasteiger partial charge in [-0.15, -0.1) is 0 Å². The van der Waals surface area contributed by atoms with E-state index in [4.69, 9.17) is 5.73 Å². The summed E-state index contributed by atoms with van der Waals surface area (Å²) in [5.41, 5.74) is 8.82. The zero-order valence-corrected chi connectivity index (χ0v) is 16.6. The number of hydrogen-bond donors (Lipinski definition) is 2. The van der Waals surface area contributed by atoms with E-state index in [0.29, 0.717) is 28.8 Å². The Bertz CT molecular complexity index is 1030. The van der Waals surface area contributed by atoms with Crippen molar-refractivity contribution >= 4 is 27.2 Å². The van der Waals surface area contributed by atoms with Crippen LogP contribution in [0.5, 0.6) is 0 Å². The standard InChI is InChI=1S/C20H23N5O2S/c1-25(2)13-14-28(26,27)18-9-7-17(8-10-18)23-20-22-12-11-19(24-20)15-3-5-16(21)6-4-15/h3-12H,13-14,21H2,1-2H3,(H,22,23,24). The van der Waals surface area contributed by atoms with Gasteiger partial charge in [0.1, 0.15) is 0 Å². The summed E-state index contributed by atoms with van der Waals surface area (Å²) in [5, 5.41) is 3.10. The number of nitrogens with one attached hydrogen (secondary N) is 1. The van der Waals surface area contributed by atoms with E-state index in [1.165, 1.54) is 0 Å². The topological polar surface area (TPSA) is 101 Å². The molecule has 0 atom stereocenters. The van der Waals surface area contributed by atoms with Crippen molar-refractivity contribution in [2.45, 2.75) is 4.90 Å². The summed E-state index contributed by atoms with van der Waals surface area (Å²) < 4.78 is 24.7. The minimum atomic E-state index is -3.30. The zero-order chi connectivity index (χ0) is 20.1. The summed E-state index contributed by atoms with van der Waals surface area (Å²) in [6, 6.07) is 15.9. The van der Waals surface area contributed by atoms with Crippen molar-refractivity contribution in [2.75, 3.05) is 37.4 Å². The molecule has 0 aliphatic rings. The van der Waals surface area contributed by atoms with Gasteiger partial charge in [0.15, 0.2) is 9.84 Å². The van der Waals surface area contributed by atoms with Gasteiger partial charge in [-0.25, -0.2) is 18.4 Å². The van der Waals surface area contributed by atoms with Crippen molar-refractivity contribution < 1.29 is 8.42 Å². The minimum Gasteiger partial charge on any atom is -0.399 e. The monoisotopic (exact) mass is 397 g/mol. The lowest BCUT2D eigenvalue weighted by molar-refractivity contribution is 0.432. The third-order valence-electron chi connectivity index (χ3n) is 4.14. The number of rotatable bonds is 7. The molecule has 0 aliphatic heterocycles. The van der Waals surface area contributed by atoms with Crippen LogP contribution < -0.4 is 11.1 Å². The van der Waals surface area contributed by atoms with Crippen LogP contribution in [-0.4, -0.2) is 49.7 Å². The summed E-state index contributed by atoms with van der Waals surface area (Å²) in [6.07, 6.45) is 1.67. The fraction of sp³-hybridized carbons (Fsp3) is 0.200. The number of aromatic nitrogens is 2. The lowest BCUT2D eigenvalue weighted by Gasteiger charge is -2.11. The Morgan fingerprint density at radius 2 is 1.68 bits per heavy atom. The van der Waals surface area contributed by atoms with E-state index < -0.39 is 9.84 Å². The van der Waals surface area contributed by atoms with Gasteiger partial charge in [0.05, 0.1) is 16.3 Å². The van der Waals surface area contributed by atoms with Crippen LogP contribution in [0.3, 0.4) is 0 Å². The highest BCUT2D eigenvalue weighted by atomic mass is 32.2. The molecule has 3 rings (SSSR count). The van der Waals surface area contributed by atoms with Crippen molar-refractivity contribution in [1.29, 1.82) is 0 Å². The summed E-state index contributed by atoms with van der Waals surface area (Å²) >= 11 is 0. The van der Waals surface area contributed by atoms with Crippen LogP contribution in [-0.2, 0) is 9.84 Å². The first kappa shape index (κ1) is 19.8. The molecule has 0 bridgehead atoms. The fourth-order valence-corrected chi connectivity index (χ4v) is 3.92. The lowest BCUT2D eigenvalue weighted by Crippen LogP contribution is -2.21. The fourth-order valence-electron chi connectivity index (χ4n) is 2.53. The van der Waals surface area contributed by atoms with Crippen LogP contribution in [0.4, 0.5) is 17.3 Å². The maximum Gasteiger partial charge on any atom is 0.227 e. The number of hydrogen-bond acceptors (Lipinski definition) is 7. The second-order valence-electron chi connectivity index (χ2n) is 6.66. The number of nitrogens with two attached hydrogens (primary N) is 1. The van der Waals surface area contributed by atoms with E-state index in [2.05, 4.69) is 15.3 Å². The van der Waals surface area contributed by atoms with E-state index >= 15 is 0 Å². The quantitative estimate of drug-likeness (QED) is 0.591. The van der Waals surface area contributed by atoms with Gasteiger partial charge >= 0.3 is 0 Å². The smallest absolute Gasteiger partial charge is 0.227 e. The number of nitrogen functional groups attached to an aromatic ring is 1. The predicted octanol–water partition coefficient (Wildman–Crippen LogP) is 2.80. The van der Waals surface area contributed by atoms with Gasteiger partial charge < -0.3 is 16.0 Å². The number of nitrogens with zero attached hydrogens (tertiary/aromatic N) is 3. The minimum absolute atomic E-state index is 0.0829. The highest BCUT2D eigenvalue weighted by Gasteiger charge is 2.14. The van der Waals surface area contributed by atoms with E-state index in [1.54, 1.807) is 30.5 Å². The highest BCUT2D eigenvalue weighted by Crippen LogP contribution is 2.21. The van der Waals surface area contributed by atoms with Crippen molar-refractivity contribution in [3.05, 3.63) is 60.8 Å². The van der Waals surface area contributed by atoms with Gasteiger partial charge in [-0.05, 0) is 56.6 Å². The Morgan fingerprint density at radius 3 is 2.32 bits per heavy atom. The molecule has 0 saturated heterocycles. The molecule has 0 unspecified atom stereocenters. The molecular weight excluding hydrogens is 374 g/mol. The zero-order valence-electron chi connectivity index (χ0n) is 15.8. The molecular formula is C20H23N5O2S. The molecule has 3 N–H and O–H groups in total. The van der Waals surface area contributed by atoms with Gasteiger partial charge in [-0.3, -0.25) is 0 Å². The second-order valence-corrected chi connectivity index (χ2v) is 8.77. The van der Waals surface area contributed by atoms with Gasteiger partial charge in [-0.2, -0.15) is 0 Å². The molecule has 0 saturated carbocycles. The Hall–Kier alpha value is -2.97. The molecule has 0 fully saturated rings. The third-order valence-corrected chi connectivity index (χ3v) is 5.85. The Labute approximate surface area is 165 Å². The third kappa shape index (κ3) is 5.05. The first-order chi connectivity index (χ1) is 13.3. The average molecular weight is 398 g/mol. The molecule has 7 nitrogen and oxygen atoms in total. The molecule has 0 amide bonds. The summed E-state index contributed by atoms with van der Waals surface area (Å²) in [7, 11) is 0.394. The first-order valence-corrected chi connectivity index (χ1v) is 10.4. The molecule has 146 valence electrons. The van der Waals surface area contributed by atoms with Crippen LogP contribution in [0, 0.1) is 0 Å². The van der Waals surface area contributed by atoms with Crippen molar-refractivity contribution in [3.8, 4) is 11.3 Å². The largest absolute Gasteiger partial charge is 0.399 e. The van der Waals surface area contributed by atoms with E-state index in [9.17, 15) is 8.42 Å². The number of benzene rings is 2. The van der Waals surface area contributed by atoms with Crippen LogP contribution in [0.1, 0.15) is 0 Å². The molecule has 2 aromatic carbocycles. The van der Waals surface area contributed by atoms with Crippen LogP contribution in [0.25, 0.3) is 11.3 Å². The van der Waals surface area contributed by atoms with E-state index in [-0.39, 0.29) is 5.75 Å². The number of anilines is 3. The molecule has 0 aliphatic carbocycles. The molecule has 8 heteroatoms. The maximum absolute atomic E-state index is 12.4. The van der Waals surface area contributed by atoms with Crippen LogP contribution in [0.2, 0.25) is 0 Å². The van der Waals surface area contributed by atoms with Crippen molar-refractivity contribution in [3.63, 3.8) is 0 Å². The molecule has 3 aromatic rings. The first-order valence-electron chi connectivity index (χ1n) is 8.77. The van der Waals surface area contributed by atoms with Crippen LogP contribution in [0.15, 0.2) is 65.7 Å². The van der Waals surface area contributed by atoms with Crippen molar-refractivity contribution in [1.82, 2.24) is 14.9 Å². The summed E-state index contributed by atoms with van der Waals surface area (Å²) in [5.74, 6) is 0.511. The number of sulfone groups is 1. The van der Waals surface area contributed by atoms with Gasteiger partial charge in [0.25, 0.3) is 0 Å². The Balaban J connectivity index is 1.74. The van der Waals surface area contributed by atoms with E-state index in [1.807, 2.05) is 49.3 Å². The van der Waals surface area contributed by atoms with Crippen molar-refractivity contribution in [2.24, 2.45) is 0 Å². The molecule has 0 radical (unpaired) electrons. The SMILES string of the molecule is CN(C)CCS(=O)(=O)c1ccc(Nc2nccc(-c3ccc(N)cc3)n2)cc1. The molecule has 0 spiro atoms. The Morgan fingerprint density at radius 1 is 1.00 bits per heavy atom. The lowest BCUT2D eigenvalue weighted by atomic mass is 10.1. The second kappa shape index (κ2) is 8.37. The molecule has 1 heterocycles. The van der Waals surface area contributed by atoms with Gasteiger partial charge in [-0.1, -0.05) is 12.1 Å². The normalized spacial score (nSPS) is 11.5. The maximum atomic E-state index is 12.4. The van der Waals surface area contributed by atoms with Gasteiger partial charge in [0, 0.05) is 29.7 Å². The highest BCUT2D eigenvalue weighted by molar-refractivity contribution is 7.91.